The zero-order chi connectivity index (χ0) is 31.7. The summed E-state index contributed by atoms with van der Waals surface area (Å²) in [7, 11) is 0. The van der Waals surface area contributed by atoms with Crippen molar-refractivity contribution in [1.82, 2.24) is 19.4 Å². The lowest BCUT2D eigenvalue weighted by molar-refractivity contribution is 0.0629. The molecule has 0 saturated carbocycles. The first-order chi connectivity index (χ1) is 21.7. The van der Waals surface area contributed by atoms with Crippen LogP contribution in [0.2, 0.25) is 0 Å². The Morgan fingerprint density at radius 2 is 1.76 bits per heavy atom. The maximum absolute atomic E-state index is 15.5. The SMILES string of the molecule is N#Cc1ccc(COc2cccc(-c3cc(F)c(Cc4nc5ccc(C(=O)O)cc5n4CCN4CC(F)C4)cc3F)n2)c(F)c1. The number of pyridine rings is 1. The third-order valence-corrected chi connectivity index (χ3v) is 7.67. The summed E-state index contributed by atoms with van der Waals surface area (Å²) in [4.78, 5) is 22.3. The van der Waals surface area contributed by atoms with Gasteiger partial charge in [-0.1, -0.05) is 12.1 Å². The summed E-state index contributed by atoms with van der Waals surface area (Å²) in [6.07, 6.45) is -0.969. The van der Waals surface area contributed by atoms with Gasteiger partial charge < -0.3 is 14.4 Å². The minimum Gasteiger partial charge on any atom is -0.478 e. The van der Waals surface area contributed by atoms with Gasteiger partial charge >= 0.3 is 5.97 Å². The average Bonchev–Trinajstić information content (AvgIpc) is 3.35. The van der Waals surface area contributed by atoms with Crippen molar-refractivity contribution >= 4 is 17.0 Å². The van der Waals surface area contributed by atoms with Crippen molar-refractivity contribution < 1.29 is 32.2 Å². The molecular formula is C33H25F4N5O3. The quantitative estimate of drug-likeness (QED) is 0.195. The number of imidazole rings is 1. The molecule has 0 spiro atoms. The van der Waals surface area contributed by atoms with E-state index in [1.54, 1.807) is 16.7 Å². The molecule has 1 fully saturated rings. The van der Waals surface area contributed by atoms with Crippen molar-refractivity contribution in [2.45, 2.75) is 25.7 Å². The van der Waals surface area contributed by atoms with Gasteiger partial charge in [-0.25, -0.2) is 32.3 Å². The highest BCUT2D eigenvalue weighted by Crippen LogP contribution is 2.28. The molecule has 1 aliphatic heterocycles. The molecule has 8 nitrogen and oxygen atoms in total. The Labute approximate surface area is 254 Å². The van der Waals surface area contributed by atoms with E-state index in [4.69, 9.17) is 10.00 Å². The summed E-state index contributed by atoms with van der Waals surface area (Å²) >= 11 is 0. The second kappa shape index (κ2) is 12.4. The highest BCUT2D eigenvalue weighted by molar-refractivity contribution is 5.92. The molecule has 3 heterocycles. The monoisotopic (exact) mass is 615 g/mol. The average molecular weight is 616 g/mol. The van der Waals surface area contributed by atoms with Gasteiger partial charge in [-0.3, -0.25) is 4.90 Å². The van der Waals surface area contributed by atoms with Gasteiger partial charge in [0, 0.05) is 49.8 Å². The number of likely N-dealkylation sites (tertiary alicyclic amines) is 1. The first-order valence-corrected chi connectivity index (χ1v) is 14.0. The Morgan fingerprint density at radius 1 is 0.956 bits per heavy atom. The lowest BCUT2D eigenvalue weighted by Crippen LogP contribution is -2.49. The number of halogens is 4. The third-order valence-electron chi connectivity index (χ3n) is 7.67. The van der Waals surface area contributed by atoms with Gasteiger partial charge in [0.05, 0.1) is 33.9 Å². The molecule has 1 N–H and O–H groups in total. The number of benzene rings is 3. The number of aromatic carboxylic acids is 1. The van der Waals surface area contributed by atoms with E-state index in [0.717, 1.165) is 18.2 Å². The van der Waals surface area contributed by atoms with Crippen LogP contribution in [-0.4, -0.2) is 56.3 Å². The number of carboxylic acids is 1. The van der Waals surface area contributed by atoms with Crippen LogP contribution in [0.4, 0.5) is 17.6 Å². The zero-order valence-corrected chi connectivity index (χ0v) is 23.7. The number of nitrogens with zero attached hydrogens (tertiary/aromatic N) is 5. The van der Waals surface area contributed by atoms with Crippen LogP contribution in [0, 0.1) is 28.8 Å². The van der Waals surface area contributed by atoms with Gasteiger partial charge in [0.25, 0.3) is 0 Å². The molecule has 1 aliphatic rings. The molecule has 12 heteroatoms. The minimum absolute atomic E-state index is 0.0303. The second-order valence-electron chi connectivity index (χ2n) is 10.7. The Kier molecular flexibility index (Phi) is 8.19. The molecule has 1 saturated heterocycles. The number of carboxylic acid groups (broad SMARTS) is 1. The molecule has 0 amide bonds. The largest absolute Gasteiger partial charge is 0.478 e. The van der Waals surface area contributed by atoms with Gasteiger partial charge in [-0.05, 0) is 54.1 Å². The van der Waals surface area contributed by atoms with Crippen LogP contribution >= 0.6 is 0 Å². The smallest absolute Gasteiger partial charge is 0.335 e. The van der Waals surface area contributed by atoms with E-state index >= 15 is 8.78 Å². The molecule has 3 aromatic carbocycles. The molecule has 0 unspecified atom stereocenters. The fraction of sp³-hybridized carbons (Fsp3) is 0.212. The fourth-order valence-corrected chi connectivity index (χ4v) is 5.24. The Morgan fingerprint density at radius 3 is 2.49 bits per heavy atom. The Balaban J connectivity index is 1.25. The molecule has 0 aliphatic carbocycles. The van der Waals surface area contributed by atoms with E-state index in [2.05, 4.69) is 9.97 Å². The van der Waals surface area contributed by atoms with E-state index < -0.39 is 29.6 Å². The first kappa shape index (κ1) is 29.8. The third kappa shape index (κ3) is 6.34. The summed E-state index contributed by atoms with van der Waals surface area (Å²) in [6, 6.07) is 17.0. The summed E-state index contributed by atoms with van der Waals surface area (Å²) < 4.78 is 65.9. The number of alkyl halides is 1. The van der Waals surface area contributed by atoms with Crippen molar-refractivity contribution in [2.75, 3.05) is 19.6 Å². The molecule has 5 aromatic rings. The van der Waals surface area contributed by atoms with E-state index in [1.165, 1.54) is 36.4 Å². The summed E-state index contributed by atoms with van der Waals surface area (Å²) in [6.45, 7) is 1.25. The van der Waals surface area contributed by atoms with Gasteiger partial charge in [0.15, 0.2) is 0 Å². The highest BCUT2D eigenvalue weighted by Gasteiger charge is 2.26. The molecule has 228 valence electrons. The number of nitriles is 1. The number of fused-ring (bicyclic) bond motifs is 1. The molecular weight excluding hydrogens is 590 g/mol. The predicted octanol–water partition coefficient (Wildman–Crippen LogP) is 5.91. The lowest BCUT2D eigenvalue weighted by atomic mass is 10.0. The molecule has 0 bridgehead atoms. The number of carbonyl (C=O) groups is 1. The zero-order valence-electron chi connectivity index (χ0n) is 23.7. The number of hydrogen-bond donors (Lipinski definition) is 1. The Hall–Kier alpha value is -5.28. The van der Waals surface area contributed by atoms with Crippen LogP contribution in [0.3, 0.4) is 0 Å². The predicted molar refractivity (Wildman–Crippen MR) is 156 cm³/mol. The van der Waals surface area contributed by atoms with Crippen molar-refractivity contribution in [3.8, 4) is 23.2 Å². The number of rotatable bonds is 10. The first-order valence-electron chi connectivity index (χ1n) is 14.0. The fourth-order valence-electron chi connectivity index (χ4n) is 5.24. The molecule has 45 heavy (non-hydrogen) atoms. The minimum atomic E-state index is -1.11. The van der Waals surface area contributed by atoms with E-state index in [1.807, 2.05) is 11.0 Å². The lowest BCUT2D eigenvalue weighted by Gasteiger charge is -2.34. The van der Waals surface area contributed by atoms with E-state index in [9.17, 15) is 18.7 Å². The van der Waals surface area contributed by atoms with Gasteiger partial charge in [0.1, 0.15) is 36.1 Å². The van der Waals surface area contributed by atoms with Crippen molar-refractivity contribution in [2.24, 2.45) is 0 Å². The maximum Gasteiger partial charge on any atom is 0.335 e. The molecule has 2 aromatic heterocycles. The van der Waals surface area contributed by atoms with Crippen LogP contribution < -0.4 is 4.74 Å². The topological polar surface area (TPSA) is 104 Å². The number of ether oxygens (including phenoxy) is 1. The van der Waals surface area contributed by atoms with Gasteiger partial charge in [-0.2, -0.15) is 5.26 Å². The summed E-state index contributed by atoms with van der Waals surface area (Å²) in [5.74, 6) is -2.69. The maximum atomic E-state index is 15.5. The van der Waals surface area contributed by atoms with Crippen molar-refractivity contribution in [3.63, 3.8) is 0 Å². The standard InChI is InChI=1S/C33H25F4N5O3/c34-23-16-41(17-23)8-9-42-30-12-20(33(43)44)6-7-29(30)39-31(42)13-22-11-27(37)24(14-26(22)36)28-2-1-3-32(40-28)45-18-21-5-4-19(15-38)10-25(21)35/h1-7,10-12,14,23H,8-9,13,16-18H2,(H,43,44). The number of hydrogen-bond acceptors (Lipinski definition) is 6. The van der Waals surface area contributed by atoms with Crippen LogP contribution in [-0.2, 0) is 19.6 Å². The van der Waals surface area contributed by atoms with Crippen LogP contribution in [0.5, 0.6) is 5.88 Å². The van der Waals surface area contributed by atoms with Crippen LogP contribution in [0.15, 0.2) is 66.7 Å². The van der Waals surface area contributed by atoms with Crippen LogP contribution in [0.25, 0.3) is 22.3 Å². The van der Waals surface area contributed by atoms with Crippen LogP contribution in [0.1, 0.15) is 32.9 Å². The Bertz CT molecular complexity index is 1970. The normalized spacial score (nSPS) is 13.5. The molecule has 0 atom stereocenters. The number of aromatic nitrogens is 3. The second-order valence-corrected chi connectivity index (χ2v) is 10.7. The van der Waals surface area contributed by atoms with Gasteiger partial charge in [0.2, 0.25) is 5.88 Å². The van der Waals surface area contributed by atoms with E-state index in [0.29, 0.717) is 43.0 Å². The highest BCUT2D eigenvalue weighted by atomic mass is 19.1. The molecule has 0 radical (unpaired) electrons. The summed E-state index contributed by atoms with van der Waals surface area (Å²) in [5, 5.41) is 18.4. The van der Waals surface area contributed by atoms with E-state index in [-0.39, 0.29) is 52.4 Å². The van der Waals surface area contributed by atoms with Crippen molar-refractivity contribution in [3.05, 3.63) is 112 Å². The summed E-state index contributed by atoms with van der Waals surface area (Å²) in [5.41, 5.74) is 1.49. The van der Waals surface area contributed by atoms with Crippen molar-refractivity contribution in [1.29, 1.82) is 5.26 Å². The molecule has 6 rings (SSSR count). The van der Waals surface area contributed by atoms with Gasteiger partial charge in [-0.15, -0.1) is 0 Å².